The zero-order valence-corrected chi connectivity index (χ0v) is 27.3. The van der Waals surface area contributed by atoms with Crippen molar-refractivity contribution in [1.82, 2.24) is 0 Å². The SMILES string of the molecule is O=C1COc2ccccc2N1.O=C1Nc2ccccc2O/C1=C\c1cc(Br)cc(Br)c1.O=Cc1cc(Br)cc(Br)c1. The lowest BCUT2D eigenvalue weighted by Crippen LogP contribution is -2.25. The molecule has 0 fully saturated rings. The molecule has 2 amide bonds. The molecule has 0 spiro atoms. The van der Waals surface area contributed by atoms with Gasteiger partial charge in [-0.3, -0.25) is 14.4 Å². The maximum Gasteiger partial charge on any atom is 0.291 e. The van der Waals surface area contributed by atoms with Crippen LogP contribution in [-0.4, -0.2) is 24.7 Å². The van der Waals surface area contributed by atoms with Crippen molar-refractivity contribution in [3.63, 3.8) is 0 Å². The first-order valence-electron chi connectivity index (χ1n) is 11.9. The summed E-state index contributed by atoms with van der Waals surface area (Å²) in [4.78, 5) is 33.1. The number of anilines is 2. The van der Waals surface area contributed by atoms with Gasteiger partial charge >= 0.3 is 0 Å². The van der Waals surface area contributed by atoms with Gasteiger partial charge in [-0.2, -0.15) is 0 Å². The molecule has 7 nitrogen and oxygen atoms in total. The molecule has 0 radical (unpaired) electrons. The predicted octanol–water partition coefficient (Wildman–Crippen LogP) is 8.63. The zero-order chi connectivity index (χ0) is 29.4. The summed E-state index contributed by atoms with van der Waals surface area (Å²) in [6.45, 7) is 0.122. The van der Waals surface area contributed by atoms with Crippen molar-refractivity contribution in [2.24, 2.45) is 0 Å². The Hall–Kier alpha value is -3.25. The van der Waals surface area contributed by atoms with E-state index in [1.165, 1.54) is 0 Å². The molecule has 41 heavy (non-hydrogen) atoms. The second-order valence-corrected chi connectivity index (χ2v) is 12.1. The number of carbonyl (C=O) groups is 3. The Morgan fingerprint density at radius 1 is 0.659 bits per heavy atom. The van der Waals surface area contributed by atoms with Crippen LogP contribution in [-0.2, 0) is 9.59 Å². The Kier molecular flexibility index (Phi) is 10.9. The van der Waals surface area contributed by atoms with Gasteiger partial charge < -0.3 is 20.1 Å². The average Bonchev–Trinajstić information content (AvgIpc) is 2.93. The molecule has 2 aliphatic rings. The minimum atomic E-state index is -0.250. The number of rotatable bonds is 2. The number of amides is 2. The van der Waals surface area contributed by atoms with E-state index in [0.717, 1.165) is 41.2 Å². The Labute approximate surface area is 269 Å². The predicted molar refractivity (Wildman–Crippen MR) is 173 cm³/mol. The molecule has 0 aliphatic carbocycles. The standard InChI is InChI=1S/C15H9Br2NO2.C8H7NO2.C7H4Br2O/c16-10-5-9(6-11(17)8-10)7-14-15(19)18-12-3-1-2-4-13(12)20-14;10-8-5-11-7-4-2-1-3-6(7)9-8;8-6-1-5(4-10)2-7(9)3-6/h1-8H,(H,18,19);1-4H,5H2,(H,9,10);1-4H/b14-7-;;. The van der Waals surface area contributed by atoms with E-state index in [0.29, 0.717) is 17.0 Å². The summed E-state index contributed by atoms with van der Waals surface area (Å²) in [6.07, 6.45) is 2.52. The number of fused-ring (bicyclic) bond motifs is 2. The molecule has 6 rings (SSSR count). The molecule has 2 heterocycles. The minimum Gasteiger partial charge on any atom is -0.482 e. The van der Waals surface area contributed by atoms with Crippen LogP contribution in [0.25, 0.3) is 6.08 Å². The fourth-order valence-electron chi connectivity index (χ4n) is 3.58. The lowest BCUT2D eigenvalue weighted by Gasteiger charge is -2.19. The lowest BCUT2D eigenvalue weighted by atomic mass is 10.2. The number of ether oxygens (including phenoxy) is 2. The van der Waals surface area contributed by atoms with Crippen molar-refractivity contribution in [2.45, 2.75) is 0 Å². The van der Waals surface area contributed by atoms with Gasteiger partial charge in [-0.1, -0.05) is 88.0 Å². The largest absolute Gasteiger partial charge is 0.482 e. The van der Waals surface area contributed by atoms with Crippen LogP contribution in [0.15, 0.2) is 109 Å². The second-order valence-electron chi connectivity index (χ2n) is 8.42. The number of hydrogen-bond acceptors (Lipinski definition) is 5. The van der Waals surface area contributed by atoms with E-state index in [1.807, 2.05) is 66.7 Å². The van der Waals surface area contributed by atoms with Crippen LogP contribution < -0.4 is 20.1 Å². The van der Waals surface area contributed by atoms with E-state index in [4.69, 9.17) is 9.47 Å². The normalized spacial score (nSPS) is 13.8. The highest BCUT2D eigenvalue weighted by Gasteiger charge is 2.21. The highest BCUT2D eigenvalue weighted by atomic mass is 79.9. The van der Waals surface area contributed by atoms with E-state index in [9.17, 15) is 14.4 Å². The molecule has 0 bridgehead atoms. The maximum absolute atomic E-state index is 12.0. The number of para-hydroxylation sites is 4. The van der Waals surface area contributed by atoms with Crippen molar-refractivity contribution in [1.29, 1.82) is 0 Å². The molecule has 4 aromatic carbocycles. The summed E-state index contributed by atoms with van der Waals surface area (Å²) >= 11 is 13.4. The summed E-state index contributed by atoms with van der Waals surface area (Å²) < 4.78 is 14.4. The highest BCUT2D eigenvalue weighted by Crippen LogP contribution is 2.31. The van der Waals surface area contributed by atoms with Crippen LogP contribution in [0.5, 0.6) is 11.5 Å². The first-order valence-corrected chi connectivity index (χ1v) is 15.1. The Bertz CT molecular complexity index is 1600. The van der Waals surface area contributed by atoms with Crippen LogP contribution in [0.1, 0.15) is 15.9 Å². The van der Waals surface area contributed by atoms with Gasteiger partial charge in [0.05, 0.1) is 11.4 Å². The molecule has 0 unspecified atom stereocenters. The summed E-state index contributed by atoms with van der Waals surface area (Å²) in [5, 5.41) is 5.50. The van der Waals surface area contributed by atoms with Gasteiger partial charge in [0.2, 0.25) is 0 Å². The average molecular weight is 808 g/mol. The van der Waals surface area contributed by atoms with Crippen LogP contribution in [0.3, 0.4) is 0 Å². The molecule has 2 N–H and O–H groups in total. The van der Waals surface area contributed by atoms with Gasteiger partial charge in [0.25, 0.3) is 11.8 Å². The van der Waals surface area contributed by atoms with Crippen molar-refractivity contribution < 1.29 is 23.9 Å². The monoisotopic (exact) mass is 804 g/mol. The third-order valence-electron chi connectivity index (χ3n) is 5.30. The van der Waals surface area contributed by atoms with E-state index in [1.54, 1.807) is 24.3 Å². The summed E-state index contributed by atoms with van der Waals surface area (Å²) in [5.74, 6) is 1.32. The molecule has 0 aromatic heterocycles. The number of nitrogens with one attached hydrogen (secondary N) is 2. The number of aldehydes is 1. The Morgan fingerprint density at radius 3 is 1.76 bits per heavy atom. The van der Waals surface area contributed by atoms with Crippen molar-refractivity contribution >= 4 is 99.3 Å². The number of carbonyl (C=O) groups excluding carboxylic acids is 3. The van der Waals surface area contributed by atoms with Crippen molar-refractivity contribution in [2.75, 3.05) is 17.2 Å². The Balaban J connectivity index is 0.000000156. The van der Waals surface area contributed by atoms with Crippen LogP contribution in [0.4, 0.5) is 11.4 Å². The van der Waals surface area contributed by atoms with Gasteiger partial charge in [-0.25, -0.2) is 0 Å². The molecule has 208 valence electrons. The molecular weight excluding hydrogens is 788 g/mol. The van der Waals surface area contributed by atoms with Crippen molar-refractivity contribution in [3.05, 3.63) is 120 Å². The molecule has 0 saturated carbocycles. The van der Waals surface area contributed by atoms with Crippen LogP contribution >= 0.6 is 63.7 Å². The second kappa shape index (κ2) is 14.6. The van der Waals surface area contributed by atoms with E-state index < -0.39 is 0 Å². The fraction of sp³-hybridized carbons (Fsp3) is 0.0333. The lowest BCUT2D eigenvalue weighted by molar-refractivity contribution is -0.118. The highest BCUT2D eigenvalue weighted by molar-refractivity contribution is 9.11. The number of benzene rings is 4. The van der Waals surface area contributed by atoms with E-state index >= 15 is 0 Å². The topological polar surface area (TPSA) is 93.7 Å². The van der Waals surface area contributed by atoms with Gasteiger partial charge in [-0.15, -0.1) is 0 Å². The van der Waals surface area contributed by atoms with Gasteiger partial charge in [0, 0.05) is 23.5 Å². The third-order valence-corrected chi connectivity index (χ3v) is 7.13. The molecule has 0 saturated heterocycles. The molecule has 11 heteroatoms. The van der Waals surface area contributed by atoms with Crippen LogP contribution in [0, 0.1) is 0 Å². The number of halogens is 4. The molecular formula is C30H20Br4N2O5. The van der Waals surface area contributed by atoms with E-state index in [-0.39, 0.29) is 24.2 Å². The fourth-order valence-corrected chi connectivity index (χ4v) is 6.24. The van der Waals surface area contributed by atoms with Crippen molar-refractivity contribution in [3.8, 4) is 11.5 Å². The molecule has 4 aromatic rings. The molecule has 0 atom stereocenters. The van der Waals surface area contributed by atoms with Gasteiger partial charge in [0.15, 0.2) is 18.1 Å². The number of hydrogen-bond donors (Lipinski definition) is 2. The molecule has 2 aliphatic heterocycles. The van der Waals surface area contributed by atoms with Gasteiger partial charge in [0.1, 0.15) is 12.0 Å². The smallest absolute Gasteiger partial charge is 0.291 e. The third kappa shape index (κ3) is 9.12. The summed E-state index contributed by atoms with van der Waals surface area (Å²) in [5.41, 5.74) is 2.98. The first kappa shape index (κ1) is 30.7. The van der Waals surface area contributed by atoms with Gasteiger partial charge in [-0.05, 0) is 72.3 Å². The summed E-state index contributed by atoms with van der Waals surface area (Å²) in [6, 6.07) is 25.9. The maximum atomic E-state index is 12.0. The summed E-state index contributed by atoms with van der Waals surface area (Å²) in [7, 11) is 0. The Morgan fingerprint density at radius 2 is 1.17 bits per heavy atom. The quantitative estimate of drug-likeness (QED) is 0.156. The van der Waals surface area contributed by atoms with E-state index in [2.05, 4.69) is 74.4 Å². The zero-order valence-electron chi connectivity index (χ0n) is 21.0. The minimum absolute atomic E-state index is 0.0938. The first-order chi connectivity index (χ1) is 19.7. The van der Waals surface area contributed by atoms with Crippen LogP contribution in [0.2, 0.25) is 0 Å².